The molecule has 66 heavy (non-hydrogen) atoms. The Kier molecular flexibility index (Phi) is 47.8. The van der Waals surface area contributed by atoms with E-state index in [9.17, 15) is 14.3 Å². The molecule has 0 bridgehead atoms. The number of carbonyl (C=O) groups is 1. The Morgan fingerprint density at radius 1 is 0.485 bits per heavy atom. The normalized spacial score (nSPS) is 14.1. The highest BCUT2D eigenvalue weighted by atomic mass is 31.2. The topological polar surface area (TPSA) is 94.1 Å². The van der Waals surface area contributed by atoms with Crippen molar-refractivity contribution in [2.45, 2.75) is 232 Å². The molecule has 384 valence electrons. The summed E-state index contributed by atoms with van der Waals surface area (Å²) in [6.45, 7) is 5.30. The van der Waals surface area contributed by atoms with Crippen molar-refractivity contribution >= 4 is 13.8 Å². The molecule has 0 aromatic rings. The number of phosphoric ester groups is 1. The molecular weight excluding hydrogens is 842 g/mol. The molecule has 2 unspecified atom stereocenters. The second kappa shape index (κ2) is 49.4. The zero-order chi connectivity index (χ0) is 48.3. The molecule has 8 nitrogen and oxygen atoms in total. The molecule has 0 aromatic carbocycles. The van der Waals surface area contributed by atoms with Gasteiger partial charge >= 0.3 is 5.97 Å². The van der Waals surface area contributed by atoms with Crippen LogP contribution in [0.5, 0.6) is 0 Å². The molecule has 0 rings (SSSR count). The Hall–Kier alpha value is -2.06. The fraction of sp³-hybridized carbons (Fsp3) is 0.772. The number of nitrogens with zero attached hydrogens (tertiary/aromatic N) is 1. The number of carbonyl (C=O) groups excluding carboxylic acids is 1. The van der Waals surface area contributed by atoms with Crippen molar-refractivity contribution in [3.05, 3.63) is 72.9 Å². The lowest BCUT2D eigenvalue weighted by Crippen LogP contribution is -2.37. The lowest BCUT2D eigenvalue weighted by Gasteiger charge is -2.28. The molecule has 0 spiro atoms. The summed E-state index contributed by atoms with van der Waals surface area (Å²) in [5.41, 5.74) is 0. The van der Waals surface area contributed by atoms with E-state index in [4.69, 9.17) is 18.5 Å². The fourth-order valence-electron chi connectivity index (χ4n) is 7.37. The number of allylic oxidation sites excluding steroid dienone is 12. The first-order valence-corrected chi connectivity index (χ1v) is 28.6. The maximum Gasteiger partial charge on any atom is 0.306 e. The zero-order valence-electron chi connectivity index (χ0n) is 43.6. The molecular formula is C57H104NO7P. The first-order valence-electron chi connectivity index (χ1n) is 27.2. The number of ether oxygens (including phenoxy) is 2. The van der Waals surface area contributed by atoms with Gasteiger partial charge < -0.3 is 27.9 Å². The molecule has 0 heterocycles. The molecule has 0 radical (unpaired) electrons. The van der Waals surface area contributed by atoms with E-state index < -0.39 is 13.9 Å². The predicted molar refractivity (Wildman–Crippen MR) is 282 cm³/mol. The number of likely N-dealkylation sites (N-methyl/N-ethyl adjacent to an activating group) is 1. The van der Waals surface area contributed by atoms with Crippen LogP contribution in [0.1, 0.15) is 226 Å². The number of esters is 1. The van der Waals surface area contributed by atoms with E-state index in [-0.39, 0.29) is 25.8 Å². The molecule has 0 aliphatic carbocycles. The van der Waals surface area contributed by atoms with Crippen LogP contribution in [0.4, 0.5) is 0 Å². The number of rotatable bonds is 50. The minimum absolute atomic E-state index is 0.0210. The van der Waals surface area contributed by atoms with Crippen molar-refractivity contribution in [3.8, 4) is 0 Å². The van der Waals surface area contributed by atoms with E-state index in [0.717, 1.165) is 83.5 Å². The summed E-state index contributed by atoms with van der Waals surface area (Å²) < 4.78 is 34.8. The molecule has 0 saturated carbocycles. The lowest BCUT2D eigenvalue weighted by molar-refractivity contribution is -0.870. The average Bonchev–Trinajstić information content (AvgIpc) is 3.28. The van der Waals surface area contributed by atoms with Gasteiger partial charge in [-0.3, -0.25) is 9.36 Å². The highest BCUT2D eigenvalue weighted by Crippen LogP contribution is 2.38. The molecule has 0 aromatic heterocycles. The summed E-state index contributed by atoms with van der Waals surface area (Å²) in [4.78, 5) is 25.2. The number of quaternary nitrogens is 1. The van der Waals surface area contributed by atoms with E-state index in [1.807, 2.05) is 21.1 Å². The van der Waals surface area contributed by atoms with E-state index >= 15 is 0 Å². The summed E-state index contributed by atoms with van der Waals surface area (Å²) >= 11 is 0. The Morgan fingerprint density at radius 2 is 0.879 bits per heavy atom. The molecule has 0 amide bonds. The van der Waals surface area contributed by atoms with Crippen LogP contribution in [0.2, 0.25) is 0 Å². The third kappa shape index (κ3) is 52.9. The third-order valence-electron chi connectivity index (χ3n) is 11.5. The average molecular weight is 946 g/mol. The quantitative estimate of drug-likeness (QED) is 0.0197. The molecule has 0 fully saturated rings. The molecule has 2 atom stereocenters. The van der Waals surface area contributed by atoms with E-state index in [0.29, 0.717) is 24.1 Å². The zero-order valence-corrected chi connectivity index (χ0v) is 44.5. The van der Waals surface area contributed by atoms with Gasteiger partial charge in [-0.1, -0.05) is 228 Å². The van der Waals surface area contributed by atoms with Crippen molar-refractivity contribution in [2.24, 2.45) is 0 Å². The van der Waals surface area contributed by atoms with Crippen LogP contribution in [0.15, 0.2) is 72.9 Å². The van der Waals surface area contributed by atoms with E-state index in [2.05, 4.69) is 86.8 Å². The van der Waals surface area contributed by atoms with E-state index in [1.54, 1.807) is 0 Å². The number of phosphoric acid groups is 1. The van der Waals surface area contributed by atoms with Crippen molar-refractivity contribution in [2.75, 3.05) is 54.1 Å². The Labute approximate surface area is 408 Å². The van der Waals surface area contributed by atoms with Crippen LogP contribution < -0.4 is 4.89 Å². The largest absolute Gasteiger partial charge is 0.756 e. The van der Waals surface area contributed by atoms with Crippen LogP contribution in [-0.4, -0.2) is 70.7 Å². The Morgan fingerprint density at radius 3 is 1.32 bits per heavy atom. The monoisotopic (exact) mass is 946 g/mol. The minimum Gasteiger partial charge on any atom is -0.756 e. The van der Waals surface area contributed by atoms with Crippen molar-refractivity contribution < 1.29 is 37.3 Å². The highest BCUT2D eigenvalue weighted by Gasteiger charge is 2.20. The summed E-state index contributed by atoms with van der Waals surface area (Å²) in [6.07, 6.45) is 65.0. The van der Waals surface area contributed by atoms with Crippen molar-refractivity contribution in [1.29, 1.82) is 0 Å². The first-order chi connectivity index (χ1) is 32.1. The summed E-state index contributed by atoms with van der Waals surface area (Å²) in [7, 11) is 1.34. The fourth-order valence-corrected chi connectivity index (χ4v) is 8.10. The maximum absolute atomic E-state index is 12.8. The van der Waals surface area contributed by atoms with Crippen LogP contribution in [-0.2, 0) is 27.9 Å². The Bertz CT molecular complexity index is 1280. The second-order valence-corrected chi connectivity index (χ2v) is 20.6. The van der Waals surface area contributed by atoms with Gasteiger partial charge in [-0.15, -0.1) is 0 Å². The predicted octanol–water partition coefficient (Wildman–Crippen LogP) is 16.4. The van der Waals surface area contributed by atoms with Crippen LogP contribution >= 0.6 is 7.82 Å². The highest BCUT2D eigenvalue weighted by molar-refractivity contribution is 7.45. The first kappa shape index (κ1) is 63.9. The van der Waals surface area contributed by atoms with Gasteiger partial charge in [0.1, 0.15) is 19.3 Å². The van der Waals surface area contributed by atoms with Gasteiger partial charge in [0, 0.05) is 13.0 Å². The molecule has 0 N–H and O–H groups in total. The minimum atomic E-state index is -4.54. The number of hydrogen-bond acceptors (Lipinski definition) is 7. The van der Waals surface area contributed by atoms with Gasteiger partial charge in [0.05, 0.1) is 34.4 Å². The van der Waals surface area contributed by atoms with Gasteiger partial charge in [-0.2, -0.15) is 0 Å². The standard InChI is InChI=1S/C57H104NO7P/c1-6-8-10-12-14-16-18-20-22-24-26-27-28-29-30-31-32-34-36-38-40-42-44-46-48-50-57(59)65-56(55-64-66(60,61)63-53-51-58(3,4)5)54-62-52-49-47-45-43-41-39-37-35-33-25-23-21-19-17-15-13-11-9-7-2/h8,10,14,16,20,22,26-27,29-30,32,34,56H,6-7,9,11-13,15,17-19,21,23-25,28,31,33,35-55H2,1-5H3/b10-8-,16-14-,22-20-,27-26-,30-29-,34-32-. The Balaban J connectivity index is 4.16. The van der Waals surface area contributed by atoms with Crippen molar-refractivity contribution in [3.63, 3.8) is 0 Å². The van der Waals surface area contributed by atoms with Gasteiger partial charge in [0.15, 0.2) is 0 Å². The van der Waals surface area contributed by atoms with Gasteiger partial charge in [0.2, 0.25) is 0 Å². The molecule has 9 heteroatoms. The summed E-state index contributed by atoms with van der Waals surface area (Å²) in [6, 6.07) is 0. The molecule has 0 saturated heterocycles. The van der Waals surface area contributed by atoms with Crippen LogP contribution in [0.25, 0.3) is 0 Å². The second-order valence-electron chi connectivity index (χ2n) is 19.2. The van der Waals surface area contributed by atoms with Gasteiger partial charge in [-0.05, 0) is 64.2 Å². The smallest absolute Gasteiger partial charge is 0.306 e. The van der Waals surface area contributed by atoms with Crippen LogP contribution in [0, 0.1) is 0 Å². The summed E-state index contributed by atoms with van der Waals surface area (Å²) in [5.74, 6) is -0.347. The van der Waals surface area contributed by atoms with Crippen molar-refractivity contribution in [1.82, 2.24) is 0 Å². The molecule has 0 aliphatic rings. The lowest BCUT2D eigenvalue weighted by atomic mass is 10.0. The number of hydrogen-bond donors (Lipinski definition) is 0. The summed E-state index contributed by atoms with van der Waals surface area (Å²) in [5, 5.41) is 0. The van der Waals surface area contributed by atoms with Gasteiger partial charge in [-0.25, -0.2) is 0 Å². The number of unbranched alkanes of at least 4 members (excludes halogenated alkanes) is 24. The SMILES string of the molecule is CC/C=C\C/C=C\C/C=C\C/C=C\C/C=C\C/C=C\CCCCCCCCC(=O)OC(COCCCCCCCCCCCCCCCCCCCCC)COP(=O)([O-])OCC[N+](C)(C)C. The molecule has 0 aliphatic heterocycles. The third-order valence-corrected chi connectivity index (χ3v) is 12.5. The van der Waals surface area contributed by atoms with Gasteiger partial charge in [0.25, 0.3) is 7.82 Å². The van der Waals surface area contributed by atoms with Crippen LogP contribution in [0.3, 0.4) is 0 Å². The maximum atomic E-state index is 12.8. The van der Waals surface area contributed by atoms with E-state index in [1.165, 1.54) is 122 Å².